The number of carbonyl (C=O) groups is 1. The highest BCUT2D eigenvalue weighted by atomic mass is 19.4. The zero-order chi connectivity index (χ0) is 23.5. The van der Waals surface area contributed by atoms with Crippen molar-refractivity contribution in [2.75, 3.05) is 20.6 Å². The number of nitrogens with zero attached hydrogens (tertiary/aromatic N) is 2. The van der Waals surface area contributed by atoms with Crippen LogP contribution in [0.2, 0.25) is 0 Å². The molecule has 1 aliphatic carbocycles. The van der Waals surface area contributed by atoms with E-state index in [4.69, 9.17) is 0 Å². The average molecular weight is 453 g/mol. The zero-order valence-corrected chi connectivity index (χ0v) is 18.0. The van der Waals surface area contributed by atoms with Crippen LogP contribution in [0.4, 0.5) is 17.6 Å². The van der Waals surface area contributed by atoms with Gasteiger partial charge in [-0.1, -0.05) is 12.1 Å². The lowest BCUT2D eigenvalue weighted by atomic mass is 9.80. The first-order chi connectivity index (χ1) is 15.0. The van der Waals surface area contributed by atoms with Gasteiger partial charge in [-0.15, -0.1) is 0 Å². The van der Waals surface area contributed by atoms with Crippen molar-refractivity contribution in [2.24, 2.45) is 5.41 Å². The molecule has 2 N–H and O–H groups in total. The Bertz CT molecular complexity index is 931. The standard InChI is InChI=1S/C23H27F4N3O2/c1-30(2)17(10-15-5-6-20(31)19(24)11-15)14-29-21(32)12-18(16-4-3-9-28-13-16)22(7-8-22)23(25,26)27/h3-6,9,11,13,17-18,31H,7-8,10,12,14H2,1-2H3,(H,29,32)/t17-,18+/m0/s1. The maximum Gasteiger partial charge on any atom is 0.395 e. The number of aromatic hydroxyl groups is 1. The van der Waals surface area contributed by atoms with Crippen molar-refractivity contribution in [1.82, 2.24) is 15.2 Å². The molecule has 1 aromatic heterocycles. The Balaban J connectivity index is 1.68. The zero-order valence-electron chi connectivity index (χ0n) is 18.0. The van der Waals surface area contributed by atoms with Crippen LogP contribution in [0.1, 0.15) is 36.3 Å². The van der Waals surface area contributed by atoms with Gasteiger partial charge in [-0.25, -0.2) is 4.39 Å². The first-order valence-corrected chi connectivity index (χ1v) is 10.4. The molecule has 3 rings (SSSR count). The van der Waals surface area contributed by atoms with Gasteiger partial charge in [0.15, 0.2) is 11.6 Å². The molecule has 1 heterocycles. The summed E-state index contributed by atoms with van der Waals surface area (Å²) in [5.41, 5.74) is -0.852. The minimum absolute atomic E-state index is 0.00389. The van der Waals surface area contributed by atoms with Gasteiger partial charge < -0.3 is 15.3 Å². The number of benzene rings is 1. The quantitative estimate of drug-likeness (QED) is 0.563. The number of alkyl halides is 3. The number of nitrogens with one attached hydrogen (secondary N) is 1. The van der Waals surface area contributed by atoms with E-state index in [-0.39, 0.29) is 31.8 Å². The van der Waals surface area contributed by atoms with Gasteiger partial charge in [0.25, 0.3) is 0 Å². The minimum atomic E-state index is -4.40. The topological polar surface area (TPSA) is 65.5 Å². The summed E-state index contributed by atoms with van der Waals surface area (Å²) in [5.74, 6) is -2.65. The monoisotopic (exact) mass is 453 g/mol. The van der Waals surface area contributed by atoms with Crippen molar-refractivity contribution >= 4 is 5.91 Å². The van der Waals surface area contributed by atoms with Crippen LogP contribution in [0.25, 0.3) is 0 Å². The molecule has 174 valence electrons. The molecule has 9 heteroatoms. The molecular weight excluding hydrogens is 426 g/mol. The molecule has 0 saturated heterocycles. The van der Waals surface area contributed by atoms with Gasteiger partial charge in [-0.05, 0) is 62.7 Å². The van der Waals surface area contributed by atoms with Gasteiger partial charge in [0, 0.05) is 37.3 Å². The van der Waals surface area contributed by atoms with Gasteiger partial charge in [-0.2, -0.15) is 13.2 Å². The molecule has 1 amide bonds. The minimum Gasteiger partial charge on any atom is -0.505 e. The van der Waals surface area contributed by atoms with Crippen molar-refractivity contribution in [1.29, 1.82) is 0 Å². The number of hydrogen-bond acceptors (Lipinski definition) is 4. The molecule has 0 bridgehead atoms. The molecule has 2 atom stereocenters. The third-order valence-electron chi connectivity index (χ3n) is 6.25. The summed E-state index contributed by atoms with van der Waals surface area (Å²) in [6, 6.07) is 7.03. The molecule has 32 heavy (non-hydrogen) atoms. The van der Waals surface area contributed by atoms with E-state index in [0.29, 0.717) is 17.5 Å². The Morgan fingerprint density at radius 2 is 2.00 bits per heavy atom. The number of amides is 1. The molecule has 0 radical (unpaired) electrons. The number of likely N-dealkylation sites (N-methyl/N-ethyl adjacent to an activating group) is 1. The molecular formula is C23H27F4N3O2. The van der Waals surface area contributed by atoms with E-state index in [0.717, 1.165) is 0 Å². The van der Waals surface area contributed by atoms with Crippen molar-refractivity contribution in [3.05, 3.63) is 59.7 Å². The van der Waals surface area contributed by atoms with Gasteiger partial charge in [-0.3, -0.25) is 9.78 Å². The van der Waals surface area contributed by atoms with Gasteiger partial charge >= 0.3 is 6.18 Å². The lowest BCUT2D eigenvalue weighted by Gasteiger charge is -2.30. The smallest absolute Gasteiger partial charge is 0.395 e. The van der Waals surface area contributed by atoms with Crippen LogP contribution < -0.4 is 5.32 Å². The predicted molar refractivity (Wildman–Crippen MR) is 112 cm³/mol. The Kier molecular flexibility index (Phi) is 7.07. The van der Waals surface area contributed by atoms with Gasteiger partial charge in [0.2, 0.25) is 5.91 Å². The SMILES string of the molecule is CN(C)[C@H](CNC(=O)C[C@H](c1cccnc1)C1(C(F)(F)F)CC1)Cc1ccc(O)c(F)c1. The molecule has 1 aromatic carbocycles. The van der Waals surface area contributed by atoms with E-state index in [1.165, 1.54) is 24.5 Å². The summed E-state index contributed by atoms with van der Waals surface area (Å²) < 4.78 is 55.0. The third-order valence-corrected chi connectivity index (χ3v) is 6.25. The number of hydrogen-bond donors (Lipinski definition) is 2. The van der Waals surface area contributed by atoms with Crippen molar-refractivity contribution in [2.45, 2.75) is 43.8 Å². The number of rotatable bonds is 9. The summed E-state index contributed by atoms with van der Waals surface area (Å²) in [6.07, 6.45) is -1.43. The number of aromatic nitrogens is 1. The van der Waals surface area contributed by atoms with Crippen LogP contribution in [0.5, 0.6) is 5.75 Å². The van der Waals surface area contributed by atoms with E-state index in [1.807, 2.05) is 4.90 Å². The largest absolute Gasteiger partial charge is 0.505 e. The lowest BCUT2D eigenvalue weighted by Crippen LogP contribution is -2.42. The van der Waals surface area contributed by atoms with E-state index in [2.05, 4.69) is 10.3 Å². The maximum atomic E-state index is 13.8. The van der Waals surface area contributed by atoms with E-state index in [9.17, 15) is 27.5 Å². The summed E-state index contributed by atoms with van der Waals surface area (Å²) in [5, 5.41) is 12.1. The van der Waals surface area contributed by atoms with E-state index >= 15 is 0 Å². The first kappa shape index (κ1) is 24.0. The van der Waals surface area contributed by atoms with Gasteiger partial charge in [0.05, 0.1) is 5.41 Å². The first-order valence-electron chi connectivity index (χ1n) is 10.4. The van der Waals surface area contributed by atoms with Crippen LogP contribution in [0, 0.1) is 11.2 Å². The summed E-state index contributed by atoms with van der Waals surface area (Å²) in [7, 11) is 3.60. The molecule has 0 unspecified atom stereocenters. The normalized spacial score (nSPS) is 17.1. The summed E-state index contributed by atoms with van der Waals surface area (Å²) in [4.78, 5) is 18.5. The van der Waals surface area contributed by atoms with Crippen LogP contribution >= 0.6 is 0 Å². The number of phenols is 1. The molecule has 1 aliphatic rings. The second-order valence-corrected chi connectivity index (χ2v) is 8.61. The highest BCUT2D eigenvalue weighted by Gasteiger charge is 2.67. The fourth-order valence-corrected chi connectivity index (χ4v) is 4.05. The van der Waals surface area contributed by atoms with Gasteiger partial charge in [0.1, 0.15) is 0 Å². The molecule has 1 saturated carbocycles. The molecule has 0 spiro atoms. The van der Waals surface area contributed by atoms with Crippen LogP contribution in [-0.4, -0.2) is 53.8 Å². The Hall–Kier alpha value is -2.68. The fourth-order valence-electron chi connectivity index (χ4n) is 4.05. The summed E-state index contributed by atoms with van der Waals surface area (Å²) >= 11 is 0. The van der Waals surface area contributed by atoms with Crippen LogP contribution in [0.15, 0.2) is 42.7 Å². The van der Waals surface area contributed by atoms with Crippen molar-refractivity contribution in [3.8, 4) is 5.75 Å². The molecule has 0 aliphatic heterocycles. The second kappa shape index (κ2) is 9.44. The van der Waals surface area contributed by atoms with Crippen molar-refractivity contribution in [3.63, 3.8) is 0 Å². The predicted octanol–water partition coefficient (Wildman–Crippen LogP) is 4.03. The molecule has 5 nitrogen and oxygen atoms in total. The Morgan fingerprint density at radius 3 is 2.53 bits per heavy atom. The fraction of sp³-hybridized carbons (Fsp3) is 0.478. The van der Waals surface area contributed by atoms with Crippen molar-refractivity contribution < 1.29 is 27.5 Å². The maximum absolute atomic E-state index is 13.8. The molecule has 2 aromatic rings. The third kappa shape index (κ3) is 5.38. The second-order valence-electron chi connectivity index (χ2n) is 8.61. The highest BCUT2D eigenvalue weighted by molar-refractivity contribution is 5.77. The molecule has 1 fully saturated rings. The number of carbonyl (C=O) groups excluding carboxylic acids is 1. The van der Waals surface area contributed by atoms with E-state index in [1.54, 1.807) is 32.3 Å². The Morgan fingerprint density at radius 1 is 1.28 bits per heavy atom. The van der Waals surface area contributed by atoms with E-state index < -0.39 is 35.0 Å². The van der Waals surface area contributed by atoms with Crippen LogP contribution in [-0.2, 0) is 11.2 Å². The number of halogens is 4. The number of phenolic OH excluding ortho intramolecular Hbond substituents is 1. The summed E-state index contributed by atoms with van der Waals surface area (Å²) in [6.45, 7) is 0.188. The lowest BCUT2D eigenvalue weighted by molar-refractivity contribution is -0.194. The highest BCUT2D eigenvalue weighted by Crippen LogP contribution is 2.66. The number of pyridine rings is 1. The van der Waals surface area contributed by atoms with Crippen LogP contribution in [0.3, 0.4) is 0 Å². The Labute approximate surface area is 184 Å². The average Bonchev–Trinajstić information content (AvgIpc) is 3.54.